The molecule has 14 heavy (non-hydrogen) atoms. The van der Waals surface area contributed by atoms with E-state index in [4.69, 9.17) is 4.74 Å². The summed E-state index contributed by atoms with van der Waals surface area (Å²) in [6.07, 6.45) is 6.27. The van der Waals surface area contributed by atoms with E-state index in [-0.39, 0.29) is 0 Å². The van der Waals surface area contributed by atoms with E-state index < -0.39 is 6.10 Å². The largest absolute Gasteiger partial charge is 0.377 e. The molecule has 0 fully saturated rings. The number of aliphatic hydroxyl groups excluding tert-OH is 1. The molecule has 0 aromatic rings. The lowest BCUT2D eigenvalue weighted by atomic mass is 10.3. The molecule has 0 saturated heterocycles. The van der Waals surface area contributed by atoms with Gasteiger partial charge in [0, 0.05) is 6.61 Å². The molecule has 0 aliphatic rings. The highest BCUT2D eigenvalue weighted by atomic mass is 16.5. The van der Waals surface area contributed by atoms with Crippen molar-refractivity contribution in [1.82, 2.24) is 0 Å². The number of hydrogen-bond donors (Lipinski definition) is 1. The van der Waals surface area contributed by atoms with Crippen LogP contribution in [0.1, 0.15) is 33.1 Å². The van der Waals surface area contributed by atoms with Gasteiger partial charge in [-0.2, -0.15) is 0 Å². The fourth-order valence-electron chi connectivity index (χ4n) is 0.954. The van der Waals surface area contributed by atoms with Gasteiger partial charge in [0.2, 0.25) is 0 Å². The van der Waals surface area contributed by atoms with Crippen molar-refractivity contribution in [3.63, 3.8) is 0 Å². The summed E-state index contributed by atoms with van der Waals surface area (Å²) in [7, 11) is 0. The summed E-state index contributed by atoms with van der Waals surface area (Å²) in [6, 6.07) is 0. The van der Waals surface area contributed by atoms with E-state index in [1.165, 1.54) is 12.8 Å². The molecule has 0 aromatic heterocycles. The van der Waals surface area contributed by atoms with Crippen LogP contribution >= 0.6 is 0 Å². The van der Waals surface area contributed by atoms with Gasteiger partial charge in [-0.25, -0.2) is 0 Å². The Morgan fingerprint density at radius 3 is 2.86 bits per heavy atom. The van der Waals surface area contributed by atoms with Gasteiger partial charge in [-0.3, -0.25) is 0 Å². The molecular formula is C12H20O2. The van der Waals surface area contributed by atoms with Crippen LogP contribution in [-0.2, 0) is 4.74 Å². The summed E-state index contributed by atoms with van der Waals surface area (Å²) in [5, 5.41) is 9.17. The molecule has 2 nitrogen and oxygen atoms in total. The Balaban J connectivity index is 3.33. The van der Waals surface area contributed by atoms with Gasteiger partial charge in [-0.05, 0) is 19.4 Å². The number of aliphatic hydroxyl groups is 1. The number of allylic oxidation sites excluding steroid dienone is 1. The second-order valence-corrected chi connectivity index (χ2v) is 3.05. The molecule has 0 aromatic carbocycles. The molecule has 1 atom stereocenters. The van der Waals surface area contributed by atoms with E-state index in [0.29, 0.717) is 6.61 Å². The zero-order valence-electron chi connectivity index (χ0n) is 9.12. The van der Waals surface area contributed by atoms with Crippen molar-refractivity contribution in [1.29, 1.82) is 0 Å². The van der Waals surface area contributed by atoms with Gasteiger partial charge in [0.25, 0.3) is 0 Å². The summed E-state index contributed by atoms with van der Waals surface area (Å²) in [5.74, 6) is 5.44. The lowest BCUT2D eigenvalue weighted by molar-refractivity contribution is 0.162. The minimum absolute atomic E-state index is 0.415. The summed E-state index contributed by atoms with van der Waals surface area (Å²) in [6.45, 7) is 5.19. The van der Waals surface area contributed by atoms with Crippen molar-refractivity contribution in [2.45, 2.75) is 39.2 Å². The van der Waals surface area contributed by atoms with Gasteiger partial charge >= 0.3 is 0 Å². The molecule has 80 valence electrons. The first kappa shape index (κ1) is 13.2. The van der Waals surface area contributed by atoms with Gasteiger partial charge in [-0.1, -0.05) is 37.7 Å². The summed E-state index contributed by atoms with van der Waals surface area (Å²) < 4.78 is 5.26. The van der Waals surface area contributed by atoms with Crippen LogP contribution in [0.15, 0.2) is 12.2 Å². The molecule has 1 unspecified atom stereocenters. The quantitative estimate of drug-likeness (QED) is 0.400. The van der Waals surface area contributed by atoms with E-state index >= 15 is 0 Å². The van der Waals surface area contributed by atoms with Crippen LogP contribution in [0, 0.1) is 11.8 Å². The van der Waals surface area contributed by atoms with Gasteiger partial charge in [0.15, 0.2) is 0 Å². The van der Waals surface area contributed by atoms with E-state index in [9.17, 15) is 5.11 Å². The molecule has 0 saturated carbocycles. The van der Waals surface area contributed by atoms with Gasteiger partial charge in [0.05, 0.1) is 0 Å². The molecule has 1 N–H and O–H groups in total. The summed E-state index contributed by atoms with van der Waals surface area (Å²) in [5.41, 5.74) is 0. The van der Waals surface area contributed by atoms with Crippen molar-refractivity contribution >= 4 is 0 Å². The van der Waals surface area contributed by atoms with Crippen molar-refractivity contribution in [3.8, 4) is 11.8 Å². The highest BCUT2D eigenvalue weighted by Gasteiger charge is 1.88. The maximum atomic E-state index is 9.17. The molecule has 0 spiro atoms. The first-order chi connectivity index (χ1) is 6.81. The van der Waals surface area contributed by atoms with Crippen LogP contribution in [0.5, 0.6) is 0 Å². The zero-order valence-corrected chi connectivity index (χ0v) is 9.12. The van der Waals surface area contributed by atoms with Crippen molar-refractivity contribution in [2.24, 2.45) is 0 Å². The maximum Gasteiger partial charge on any atom is 0.133 e. The zero-order chi connectivity index (χ0) is 10.6. The molecule has 2 heteroatoms. The lowest BCUT2D eigenvalue weighted by Crippen LogP contribution is -1.99. The maximum absolute atomic E-state index is 9.17. The van der Waals surface area contributed by atoms with Crippen LogP contribution in [0.2, 0.25) is 0 Å². The molecule has 0 aliphatic heterocycles. The van der Waals surface area contributed by atoms with E-state index in [1.54, 1.807) is 12.2 Å². The number of rotatable bonds is 6. The third-order valence-corrected chi connectivity index (χ3v) is 1.69. The minimum atomic E-state index is -0.653. The number of ether oxygens (including phenoxy) is 1. The average Bonchev–Trinajstić information content (AvgIpc) is 2.17. The summed E-state index contributed by atoms with van der Waals surface area (Å²) in [4.78, 5) is 0. The van der Waals surface area contributed by atoms with Crippen LogP contribution in [-0.4, -0.2) is 24.4 Å². The topological polar surface area (TPSA) is 29.5 Å². The van der Waals surface area contributed by atoms with Gasteiger partial charge in [0.1, 0.15) is 12.7 Å². The predicted octanol–water partition coefficient (Wildman–Crippen LogP) is 2.13. The standard InChI is InChI=1S/C12H20O2/c1-3-5-6-10-14-11-7-9-12(13)8-4-2/h4,8,12-13H,3,5-6,10-11H2,1-2H3. The number of unbranched alkanes of at least 4 members (excludes halogenated alkanes) is 2. The van der Waals surface area contributed by atoms with Crippen LogP contribution in [0.3, 0.4) is 0 Å². The van der Waals surface area contributed by atoms with Crippen LogP contribution in [0.4, 0.5) is 0 Å². The second-order valence-electron chi connectivity index (χ2n) is 3.05. The van der Waals surface area contributed by atoms with Crippen molar-refractivity contribution in [3.05, 3.63) is 12.2 Å². The Hall–Kier alpha value is -0.780. The van der Waals surface area contributed by atoms with E-state index in [1.807, 2.05) is 6.92 Å². The molecule has 0 heterocycles. The monoisotopic (exact) mass is 196 g/mol. The molecule has 0 aliphatic carbocycles. The second kappa shape index (κ2) is 10.3. The first-order valence-corrected chi connectivity index (χ1v) is 5.18. The minimum Gasteiger partial charge on any atom is -0.377 e. The van der Waals surface area contributed by atoms with Crippen molar-refractivity contribution < 1.29 is 9.84 Å². The lowest BCUT2D eigenvalue weighted by Gasteiger charge is -1.97. The van der Waals surface area contributed by atoms with Crippen molar-refractivity contribution in [2.75, 3.05) is 13.2 Å². The Labute approximate surface area is 87.0 Å². The molecular weight excluding hydrogens is 176 g/mol. The predicted molar refractivity (Wildman–Crippen MR) is 58.9 cm³/mol. The molecule has 0 rings (SSSR count). The number of hydrogen-bond acceptors (Lipinski definition) is 2. The average molecular weight is 196 g/mol. The fourth-order valence-corrected chi connectivity index (χ4v) is 0.954. The summed E-state index contributed by atoms with van der Waals surface area (Å²) >= 11 is 0. The van der Waals surface area contributed by atoms with Crippen LogP contribution in [0.25, 0.3) is 0 Å². The molecule has 0 bridgehead atoms. The highest BCUT2D eigenvalue weighted by molar-refractivity contribution is 5.11. The Bertz CT molecular complexity index is 198. The third-order valence-electron chi connectivity index (χ3n) is 1.69. The normalized spacial score (nSPS) is 12.5. The van der Waals surface area contributed by atoms with Gasteiger partial charge < -0.3 is 9.84 Å². The van der Waals surface area contributed by atoms with E-state index in [2.05, 4.69) is 18.8 Å². The third kappa shape index (κ3) is 9.31. The van der Waals surface area contributed by atoms with E-state index in [0.717, 1.165) is 13.0 Å². The SMILES string of the molecule is CC=CC(O)C#CCOCCCCC. The Kier molecular flexibility index (Phi) is 9.73. The first-order valence-electron chi connectivity index (χ1n) is 5.18. The molecule has 0 amide bonds. The fraction of sp³-hybridized carbons (Fsp3) is 0.667. The Morgan fingerprint density at radius 1 is 1.43 bits per heavy atom. The Morgan fingerprint density at radius 2 is 2.21 bits per heavy atom. The van der Waals surface area contributed by atoms with Crippen LogP contribution < -0.4 is 0 Å². The van der Waals surface area contributed by atoms with Gasteiger partial charge in [-0.15, -0.1) is 0 Å². The molecule has 0 radical (unpaired) electrons. The smallest absolute Gasteiger partial charge is 0.133 e. The highest BCUT2D eigenvalue weighted by Crippen LogP contribution is 1.93.